The molecule has 0 aliphatic carbocycles. The van der Waals surface area contributed by atoms with E-state index < -0.39 is 23.7 Å². The number of carbonyl (C=O) groups excluding carboxylic acids is 2. The molecule has 0 bridgehead atoms. The van der Waals surface area contributed by atoms with Gasteiger partial charge in [-0.25, -0.2) is 13.6 Å². The van der Waals surface area contributed by atoms with Crippen molar-refractivity contribution in [2.45, 2.75) is 19.4 Å². The van der Waals surface area contributed by atoms with Gasteiger partial charge >= 0.3 is 5.97 Å². The smallest absolute Gasteiger partial charge is 0.340 e. The molecule has 0 aliphatic heterocycles. The van der Waals surface area contributed by atoms with E-state index in [0.717, 1.165) is 19.2 Å². The first-order valence-corrected chi connectivity index (χ1v) is 9.09. The highest BCUT2D eigenvalue weighted by molar-refractivity contribution is 5.95. The Morgan fingerprint density at radius 2 is 1.61 bits per heavy atom. The maximum absolute atomic E-state index is 14.1. The summed E-state index contributed by atoms with van der Waals surface area (Å²) < 4.78 is 47.5. The Labute approximate surface area is 179 Å². The maximum atomic E-state index is 14.1. The van der Waals surface area contributed by atoms with Gasteiger partial charge in [0.15, 0.2) is 29.4 Å². The molecule has 2 aromatic rings. The number of ether oxygens (including phenoxy) is 4. The summed E-state index contributed by atoms with van der Waals surface area (Å²) in [5.41, 5.74) is 11.4. The predicted molar refractivity (Wildman–Crippen MR) is 111 cm³/mol. The maximum Gasteiger partial charge on any atom is 0.340 e. The highest BCUT2D eigenvalue weighted by atomic mass is 19.1. The first kappa shape index (κ1) is 25.6. The van der Waals surface area contributed by atoms with Crippen LogP contribution in [0.4, 0.5) is 20.2 Å². The zero-order chi connectivity index (χ0) is 23.6. The van der Waals surface area contributed by atoms with Crippen LogP contribution in [0.25, 0.3) is 0 Å². The van der Waals surface area contributed by atoms with E-state index >= 15 is 0 Å². The zero-order valence-corrected chi connectivity index (χ0v) is 17.7. The van der Waals surface area contributed by atoms with E-state index in [0.29, 0.717) is 6.29 Å². The Morgan fingerprint density at radius 3 is 2.19 bits per heavy atom. The van der Waals surface area contributed by atoms with E-state index in [4.69, 9.17) is 20.9 Å². The number of hydrogen-bond donors (Lipinski definition) is 2. The van der Waals surface area contributed by atoms with Gasteiger partial charge in [0.2, 0.25) is 0 Å². The third-order valence-electron chi connectivity index (χ3n) is 3.88. The Morgan fingerprint density at radius 1 is 1.03 bits per heavy atom. The highest BCUT2D eigenvalue weighted by Crippen LogP contribution is 2.27. The van der Waals surface area contributed by atoms with Crippen LogP contribution in [0.15, 0.2) is 24.3 Å². The van der Waals surface area contributed by atoms with Crippen molar-refractivity contribution in [3.63, 3.8) is 0 Å². The number of carbonyl (C=O) groups is 2. The van der Waals surface area contributed by atoms with Crippen molar-refractivity contribution < 1.29 is 37.3 Å². The second-order valence-corrected chi connectivity index (χ2v) is 6.36. The van der Waals surface area contributed by atoms with Gasteiger partial charge in [0, 0.05) is 44.0 Å². The van der Waals surface area contributed by atoms with E-state index in [2.05, 4.69) is 9.47 Å². The van der Waals surface area contributed by atoms with Crippen molar-refractivity contribution in [3.8, 4) is 11.5 Å². The van der Waals surface area contributed by atoms with Crippen LogP contribution in [0.1, 0.15) is 34.1 Å². The minimum Gasteiger partial charge on any atom is -0.490 e. The number of benzene rings is 2. The molecule has 0 aliphatic rings. The molecule has 31 heavy (non-hydrogen) atoms. The summed E-state index contributed by atoms with van der Waals surface area (Å²) in [6, 6.07) is 4.33. The molecule has 0 radical (unpaired) electrons. The molecule has 4 N–H and O–H groups in total. The Hall–Kier alpha value is -3.40. The van der Waals surface area contributed by atoms with Crippen LogP contribution >= 0.6 is 0 Å². The fourth-order valence-electron chi connectivity index (χ4n) is 2.35. The molecule has 0 aromatic heterocycles. The van der Waals surface area contributed by atoms with Gasteiger partial charge in [-0.1, -0.05) is 0 Å². The fraction of sp³-hybridized carbons (Fsp3) is 0.333. The molecule has 0 amide bonds. The van der Waals surface area contributed by atoms with E-state index in [1.54, 1.807) is 21.1 Å². The monoisotopic (exact) mass is 440 g/mol. The van der Waals surface area contributed by atoms with Crippen LogP contribution in [0.3, 0.4) is 0 Å². The van der Waals surface area contributed by atoms with Crippen molar-refractivity contribution >= 4 is 23.6 Å². The van der Waals surface area contributed by atoms with Crippen LogP contribution in [-0.4, -0.2) is 46.3 Å². The first-order chi connectivity index (χ1) is 14.7. The molecule has 0 saturated heterocycles. The average molecular weight is 440 g/mol. The van der Waals surface area contributed by atoms with Crippen molar-refractivity contribution in [3.05, 3.63) is 47.0 Å². The molecule has 2 aromatic carbocycles. The number of anilines is 2. The van der Waals surface area contributed by atoms with Gasteiger partial charge in [0.1, 0.15) is 0 Å². The summed E-state index contributed by atoms with van der Waals surface area (Å²) in [6.07, 6.45) is 0.226. The zero-order valence-electron chi connectivity index (χ0n) is 17.7. The standard InChI is InChI=1S/C19H20F2N2O5.C2H6O/c1-10(3-4-27-17-7-15(22)11(9-24)5-13(17)20)28-18-8-16(23)12(6-14(18)21)19(25)26-2;1-3-2/h5-10H,3-4,22-23H2,1-2H3;1-2H3. The van der Waals surface area contributed by atoms with Crippen molar-refractivity contribution in [1.29, 1.82) is 0 Å². The molecule has 8 nitrogen and oxygen atoms in total. The number of rotatable bonds is 8. The summed E-state index contributed by atoms with van der Waals surface area (Å²) in [6.45, 7) is 1.71. The molecule has 0 spiro atoms. The molecule has 0 fully saturated rings. The molecular weight excluding hydrogens is 414 g/mol. The molecule has 1 atom stereocenters. The normalized spacial score (nSPS) is 11.0. The van der Waals surface area contributed by atoms with Crippen LogP contribution in [-0.2, 0) is 9.47 Å². The van der Waals surface area contributed by atoms with E-state index in [1.807, 2.05) is 0 Å². The van der Waals surface area contributed by atoms with Crippen molar-refractivity contribution in [2.75, 3.05) is 39.4 Å². The molecule has 170 valence electrons. The third-order valence-corrected chi connectivity index (χ3v) is 3.88. The number of nitrogen functional groups attached to an aromatic ring is 2. The van der Waals surface area contributed by atoms with E-state index in [9.17, 15) is 18.4 Å². The van der Waals surface area contributed by atoms with Crippen LogP contribution < -0.4 is 20.9 Å². The minimum atomic E-state index is -0.773. The van der Waals surface area contributed by atoms with Crippen molar-refractivity contribution in [2.24, 2.45) is 0 Å². The number of aldehydes is 1. The Balaban J connectivity index is 0.00000151. The van der Waals surface area contributed by atoms with Crippen LogP contribution in [0.2, 0.25) is 0 Å². The van der Waals surface area contributed by atoms with Crippen LogP contribution in [0, 0.1) is 11.6 Å². The lowest BCUT2D eigenvalue weighted by atomic mass is 10.1. The number of hydrogen-bond acceptors (Lipinski definition) is 8. The number of esters is 1. The van der Waals surface area contributed by atoms with E-state index in [1.165, 1.54) is 12.1 Å². The SMILES string of the molecule is COC.COC(=O)c1cc(F)c(OC(C)CCOc2cc(N)c(C=O)cc2F)cc1N. The molecule has 0 saturated carbocycles. The lowest BCUT2D eigenvalue weighted by molar-refractivity contribution is 0.0601. The van der Waals surface area contributed by atoms with Gasteiger partial charge < -0.3 is 30.4 Å². The third kappa shape index (κ3) is 7.41. The van der Waals surface area contributed by atoms with Gasteiger partial charge in [-0.05, 0) is 19.1 Å². The lowest BCUT2D eigenvalue weighted by Gasteiger charge is -2.17. The minimum absolute atomic E-state index is 0.0134. The molecule has 10 heteroatoms. The largest absolute Gasteiger partial charge is 0.490 e. The average Bonchev–Trinajstić information content (AvgIpc) is 2.72. The van der Waals surface area contributed by atoms with Gasteiger partial charge in [0.05, 0.1) is 31.1 Å². The Kier molecular flexibility index (Phi) is 10.2. The number of halogens is 2. The summed E-state index contributed by atoms with van der Waals surface area (Å²) in [5, 5.41) is 0. The lowest BCUT2D eigenvalue weighted by Crippen LogP contribution is -2.17. The van der Waals surface area contributed by atoms with E-state index in [-0.39, 0.29) is 47.0 Å². The van der Waals surface area contributed by atoms with Crippen LogP contribution in [0.5, 0.6) is 11.5 Å². The quantitative estimate of drug-likeness (QED) is 0.364. The second-order valence-electron chi connectivity index (χ2n) is 6.36. The van der Waals surface area contributed by atoms with Gasteiger partial charge in [0.25, 0.3) is 0 Å². The first-order valence-electron chi connectivity index (χ1n) is 9.09. The van der Waals surface area contributed by atoms with Crippen molar-refractivity contribution in [1.82, 2.24) is 0 Å². The van der Waals surface area contributed by atoms with Gasteiger partial charge in [-0.3, -0.25) is 4.79 Å². The molecular formula is C21H26F2N2O6. The number of nitrogens with two attached hydrogens (primary N) is 2. The molecule has 2 rings (SSSR count). The summed E-state index contributed by atoms with van der Waals surface area (Å²) in [7, 11) is 4.41. The van der Waals surface area contributed by atoms with Gasteiger partial charge in [-0.15, -0.1) is 0 Å². The molecule has 0 heterocycles. The highest BCUT2D eigenvalue weighted by Gasteiger charge is 2.17. The Bertz CT molecular complexity index is 908. The summed E-state index contributed by atoms with van der Waals surface area (Å²) in [5.74, 6) is -2.49. The summed E-state index contributed by atoms with van der Waals surface area (Å²) >= 11 is 0. The fourth-order valence-corrected chi connectivity index (χ4v) is 2.35. The topological polar surface area (TPSA) is 123 Å². The second kappa shape index (κ2) is 12.3. The molecule has 1 unspecified atom stereocenters. The van der Waals surface area contributed by atoms with Gasteiger partial charge in [-0.2, -0.15) is 0 Å². The summed E-state index contributed by atoms with van der Waals surface area (Å²) in [4.78, 5) is 22.2. The number of methoxy groups -OCH3 is 2. The predicted octanol–water partition coefficient (Wildman–Crippen LogP) is 3.23.